The summed E-state index contributed by atoms with van der Waals surface area (Å²) in [6.45, 7) is 4.74. The predicted octanol–water partition coefficient (Wildman–Crippen LogP) is 0.408. The summed E-state index contributed by atoms with van der Waals surface area (Å²) in [4.78, 5) is 24.0. The highest BCUT2D eigenvalue weighted by atomic mass is 19.1. The molecule has 10 heteroatoms. The van der Waals surface area contributed by atoms with Crippen molar-refractivity contribution in [1.82, 2.24) is 19.8 Å². The highest BCUT2D eigenvalue weighted by molar-refractivity contribution is 5.79. The first-order chi connectivity index (χ1) is 11.2. The van der Waals surface area contributed by atoms with Crippen molar-refractivity contribution in [2.24, 2.45) is 7.05 Å². The van der Waals surface area contributed by atoms with E-state index in [-0.39, 0.29) is 23.7 Å². The summed E-state index contributed by atoms with van der Waals surface area (Å²) in [6, 6.07) is 2.16. The fraction of sp³-hybridized carbons (Fsp3) is 0.429. The summed E-state index contributed by atoms with van der Waals surface area (Å²) in [7, 11) is 1.40. The number of ether oxygens (including phenoxy) is 2. The molecule has 2 aromatic rings. The standard InChI is InChI=1S/C14H18FN5O4/c1-5-23-12(21)14(2,3)24-11-6-8(15)9(16)7-10(11)20-13(22)19(4)17-18-20/h6-7H,5,16H2,1-4H3. The van der Waals surface area contributed by atoms with Gasteiger partial charge in [-0.3, -0.25) is 0 Å². The van der Waals surface area contributed by atoms with E-state index in [0.717, 1.165) is 15.4 Å². The van der Waals surface area contributed by atoms with Crippen molar-refractivity contribution in [2.45, 2.75) is 26.4 Å². The molecule has 9 nitrogen and oxygen atoms in total. The van der Waals surface area contributed by atoms with Gasteiger partial charge in [0.2, 0.25) is 0 Å². The van der Waals surface area contributed by atoms with Crippen LogP contribution < -0.4 is 16.2 Å². The van der Waals surface area contributed by atoms with Crippen LogP contribution >= 0.6 is 0 Å². The lowest BCUT2D eigenvalue weighted by molar-refractivity contribution is -0.158. The first-order valence-electron chi connectivity index (χ1n) is 7.12. The molecule has 2 rings (SSSR count). The largest absolute Gasteiger partial charge is 0.474 e. The number of anilines is 1. The molecule has 2 N–H and O–H groups in total. The number of rotatable bonds is 5. The van der Waals surface area contributed by atoms with Crippen molar-refractivity contribution in [1.29, 1.82) is 0 Å². The first-order valence-corrected chi connectivity index (χ1v) is 7.12. The van der Waals surface area contributed by atoms with Crippen molar-refractivity contribution in [3.63, 3.8) is 0 Å². The van der Waals surface area contributed by atoms with Crippen LogP contribution in [-0.2, 0) is 16.6 Å². The predicted molar refractivity (Wildman–Crippen MR) is 82.3 cm³/mol. The number of carbonyl (C=O) groups excluding carboxylic acids is 1. The summed E-state index contributed by atoms with van der Waals surface area (Å²) in [6.07, 6.45) is 0. The highest BCUT2D eigenvalue weighted by Gasteiger charge is 2.33. The van der Waals surface area contributed by atoms with Gasteiger partial charge in [-0.05, 0) is 37.3 Å². The van der Waals surface area contributed by atoms with E-state index in [1.165, 1.54) is 27.0 Å². The van der Waals surface area contributed by atoms with Gasteiger partial charge < -0.3 is 15.2 Å². The first kappa shape index (κ1) is 17.4. The third kappa shape index (κ3) is 3.21. The number of hydrogen-bond donors (Lipinski definition) is 1. The molecule has 24 heavy (non-hydrogen) atoms. The van der Waals surface area contributed by atoms with Crippen molar-refractivity contribution >= 4 is 11.7 Å². The van der Waals surface area contributed by atoms with Gasteiger partial charge in [0.05, 0.1) is 12.3 Å². The van der Waals surface area contributed by atoms with Gasteiger partial charge in [0, 0.05) is 13.1 Å². The van der Waals surface area contributed by atoms with Gasteiger partial charge in [0.25, 0.3) is 0 Å². The van der Waals surface area contributed by atoms with Gasteiger partial charge in [-0.25, -0.2) is 14.0 Å². The molecular formula is C14H18FN5O4. The lowest BCUT2D eigenvalue weighted by atomic mass is 10.1. The maximum Gasteiger partial charge on any atom is 0.368 e. The Balaban J connectivity index is 2.54. The number of benzene rings is 1. The minimum atomic E-state index is -1.42. The van der Waals surface area contributed by atoms with Crippen LogP contribution in [0.2, 0.25) is 0 Å². The maximum absolute atomic E-state index is 13.9. The molecule has 0 amide bonds. The monoisotopic (exact) mass is 339 g/mol. The summed E-state index contributed by atoms with van der Waals surface area (Å²) in [5.74, 6) is -1.49. The van der Waals surface area contributed by atoms with Gasteiger partial charge >= 0.3 is 11.7 Å². The third-order valence-corrected chi connectivity index (χ3v) is 3.16. The molecule has 1 heterocycles. The Hall–Kier alpha value is -2.91. The normalized spacial score (nSPS) is 11.4. The Morgan fingerprint density at radius 1 is 1.38 bits per heavy atom. The van der Waals surface area contributed by atoms with E-state index in [0.29, 0.717) is 0 Å². The van der Waals surface area contributed by atoms with Crippen LogP contribution in [0.3, 0.4) is 0 Å². The fourth-order valence-electron chi connectivity index (χ4n) is 1.89. The SMILES string of the molecule is CCOC(=O)C(C)(C)Oc1cc(F)c(N)cc1-n1nnn(C)c1=O. The number of aromatic nitrogens is 4. The number of carbonyl (C=O) groups is 1. The van der Waals surface area contributed by atoms with Gasteiger partial charge in [0.15, 0.2) is 5.60 Å². The van der Waals surface area contributed by atoms with Crippen molar-refractivity contribution in [3.8, 4) is 11.4 Å². The molecule has 0 spiro atoms. The molecule has 0 aliphatic rings. The molecule has 0 fully saturated rings. The average Bonchev–Trinajstić information content (AvgIpc) is 2.82. The molecule has 0 radical (unpaired) electrons. The molecule has 1 aromatic carbocycles. The van der Waals surface area contributed by atoms with E-state index in [4.69, 9.17) is 15.2 Å². The van der Waals surface area contributed by atoms with Crippen molar-refractivity contribution in [3.05, 3.63) is 28.4 Å². The zero-order valence-corrected chi connectivity index (χ0v) is 13.7. The smallest absolute Gasteiger partial charge is 0.368 e. The average molecular weight is 339 g/mol. The zero-order valence-electron chi connectivity index (χ0n) is 13.7. The number of nitrogens with two attached hydrogens (primary N) is 1. The highest BCUT2D eigenvalue weighted by Crippen LogP contribution is 2.30. The lowest BCUT2D eigenvalue weighted by Crippen LogP contribution is -2.40. The maximum atomic E-state index is 13.9. The Morgan fingerprint density at radius 3 is 2.58 bits per heavy atom. The van der Waals surface area contributed by atoms with Crippen molar-refractivity contribution in [2.75, 3.05) is 12.3 Å². The van der Waals surface area contributed by atoms with E-state index in [9.17, 15) is 14.0 Å². The van der Waals surface area contributed by atoms with Crippen LogP contribution in [0.5, 0.6) is 5.75 Å². The Labute approximate surface area is 136 Å². The number of aryl methyl sites for hydroxylation is 1. The Bertz CT molecular complexity index is 827. The summed E-state index contributed by atoms with van der Waals surface area (Å²) >= 11 is 0. The van der Waals surface area contributed by atoms with E-state index in [1.807, 2.05) is 0 Å². The molecular weight excluding hydrogens is 321 g/mol. The van der Waals surface area contributed by atoms with Crippen LogP contribution in [0, 0.1) is 5.82 Å². The Morgan fingerprint density at radius 2 is 2.04 bits per heavy atom. The molecule has 0 aliphatic carbocycles. The molecule has 0 saturated carbocycles. The van der Waals surface area contributed by atoms with E-state index in [2.05, 4.69) is 10.4 Å². The molecule has 1 aromatic heterocycles. The second kappa shape index (κ2) is 6.30. The number of hydrogen-bond acceptors (Lipinski definition) is 7. The molecule has 0 atom stereocenters. The number of esters is 1. The van der Waals surface area contributed by atoms with E-state index >= 15 is 0 Å². The van der Waals surface area contributed by atoms with Crippen LogP contribution in [0.15, 0.2) is 16.9 Å². The number of nitrogens with zero attached hydrogens (tertiary/aromatic N) is 4. The summed E-state index contributed by atoms with van der Waals surface area (Å²) in [5.41, 5.74) is 3.42. The Kier molecular flexibility index (Phi) is 4.58. The van der Waals surface area contributed by atoms with Crippen molar-refractivity contribution < 1.29 is 18.7 Å². The van der Waals surface area contributed by atoms with Gasteiger partial charge in [-0.1, -0.05) is 0 Å². The zero-order chi connectivity index (χ0) is 18.1. The van der Waals surface area contributed by atoms with Gasteiger partial charge in [-0.2, -0.15) is 9.36 Å². The quantitative estimate of drug-likeness (QED) is 0.619. The minimum absolute atomic E-state index is 0.0596. The molecule has 0 aliphatic heterocycles. The van der Waals surface area contributed by atoms with Gasteiger partial charge in [0.1, 0.15) is 17.3 Å². The van der Waals surface area contributed by atoms with Crippen LogP contribution in [-0.4, -0.2) is 38.0 Å². The second-order valence-corrected chi connectivity index (χ2v) is 5.47. The number of halogens is 1. The molecule has 130 valence electrons. The second-order valence-electron chi connectivity index (χ2n) is 5.47. The molecule has 0 bridgehead atoms. The van der Waals surface area contributed by atoms with Crippen LogP contribution in [0.25, 0.3) is 5.69 Å². The summed E-state index contributed by atoms with van der Waals surface area (Å²) in [5, 5.41) is 7.25. The van der Waals surface area contributed by atoms with Crippen LogP contribution in [0.1, 0.15) is 20.8 Å². The molecule has 0 saturated heterocycles. The fourth-order valence-corrected chi connectivity index (χ4v) is 1.89. The minimum Gasteiger partial charge on any atom is -0.474 e. The van der Waals surface area contributed by atoms with Crippen LogP contribution in [0.4, 0.5) is 10.1 Å². The third-order valence-electron chi connectivity index (χ3n) is 3.16. The molecule has 0 unspecified atom stereocenters. The van der Waals surface area contributed by atoms with E-state index in [1.54, 1.807) is 6.92 Å². The topological polar surface area (TPSA) is 114 Å². The lowest BCUT2D eigenvalue weighted by Gasteiger charge is -2.25. The summed E-state index contributed by atoms with van der Waals surface area (Å²) < 4.78 is 26.3. The number of tetrazole rings is 1. The van der Waals surface area contributed by atoms with Gasteiger partial charge in [-0.15, -0.1) is 0 Å². The number of nitrogen functional groups attached to an aromatic ring is 1. The van der Waals surface area contributed by atoms with E-state index < -0.39 is 23.1 Å².